The van der Waals surface area contributed by atoms with Crippen LogP contribution < -0.4 is 10.6 Å². The highest BCUT2D eigenvalue weighted by Crippen LogP contribution is 2.18. The summed E-state index contributed by atoms with van der Waals surface area (Å²) in [5, 5.41) is 6.98. The Morgan fingerprint density at radius 1 is 1.40 bits per heavy atom. The summed E-state index contributed by atoms with van der Waals surface area (Å²) in [7, 11) is 0. The van der Waals surface area contributed by atoms with E-state index in [-0.39, 0.29) is 0 Å². The summed E-state index contributed by atoms with van der Waals surface area (Å²) in [6, 6.07) is 8.46. The summed E-state index contributed by atoms with van der Waals surface area (Å²) >= 11 is 2.38. The molecule has 0 bridgehead atoms. The monoisotopic (exact) mass is 316 g/mol. The molecule has 1 unspecified atom stereocenters. The summed E-state index contributed by atoms with van der Waals surface area (Å²) < 4.78 is 1.30. The van der Waals surface area contributed by atoms with Crippen molar-refractivity contribution in [1.29, 1.82) is 0 Å². The van der Waals surface area contributed by atoms with Crippen molar-refractivity contribution < 1.29 is 0 Å². The highest BCUT2D eigenvalue weighted by atomic mass is 127. The van der Waals surface area contributed by atoms with Gasteiger partial charge in [-0.05, 0) is 66.6 Å². The average Bonchev–Trinajstić information content (AvgIpc) is 2.29. The molecule has 2 nitrogen and oxygen atoms in total. The maximum Gasteiger partial charge on any atom is 0.0475 e. The van der Waals surface area contributed by atoms with E-state index in [1.165, 1.54) is 28.6 Å². The molecule has 1 saturated heterocycles. The lowest BCUT2D eigenvalue weighted by Gasteiger charge is -2.23. The van der Waals surface area contributed by atoms with Crippen molar-refractivity contribution in [3.8, 4) is 0 Å². The van der Waals surface area contributed by atoms with Crippen LogP contribution in [0.4, 0.5) is 5.69 Å². The van der Waals surface area contributed by atoms with Crippen LogP contribution in [0.3, 0.4) is 0 Å². The van der Waals surface area contributed by atoms with Crippen molar-refractivity contribution in [3.05, 3.63) is 27.8 Å². The minimum absolute atomic E-state index is 0.787. The molecular formula is C12H17IN2. The SMILES string of the molecule is Ic1ccccc1NCC1CCCNC1. The Hall–Kier alpha value is -0.290. The van der Waals surface area contributed by atoms with Crippen molar-refractivity contribution in [2.45, 2.75) is 12.8 Å². The molecule has 15 heavy (non-hydrogen) atoms. The van der Waals surface area contributed by atoms with Crippen LogP contribution in [-0.4, -0.2) is 19.6 Å². The number of hydrogen-bond acceptors (Lipinski definition) is 2. The minimum atomic E-state index is 0.787. The van der Waals surface area contributed by atoms with Gasteiger partial charge in [-0.2, -0.15) is 0 Å². The molecule has 1 atom stereocenters. The molecule has 1 aromatic rings. The number of para-hydroxylation sites is 1. The Kier molecular flexibility index (Phi) is 4.26. The summed E-state index contributed by atoms with van der Waals surface area (Å²) in [5.41, 5.74) is 1.27. The van der Waals surface area contributed by atoms with E-state index < -0.39 is 0 Å². The third-order valence-corrected chi connectivity index (χ3v) is 3.79. The first kappa shape index (κ1) is 11.2. The summed E-state index contributed by atoms with van der Waals surface area (Å²) in [6.45, 7) is 3.45. The van der Waals surface area contributed by atoms with Crippen LogP contribution in [0.25, 0.3) is 0 Å². The molecule has 2 rings (SSSR count). The molecule has 3 heteroatoms. The van der Waals surface area contributed by atoms with Gasteiger partial charge in [0.25, 0.3) is 0 Å². The second kappa shape index (κ2) is 5.70. The molecule has 1 fully saturated rings. The first-order valence-electron chi connectivity index (χ1n) is 5.55. The molecular weight excluding hydrogens is 299 g/mol. The first-order valence-corrected chi connectivity index (χ1v) is 6.63. The lowest BCUT2D eigenvalue weighted by Crippen LogP contribution is -2.33. The molecule has 1 aliphatic heterocycles. The van der Waals surface area contributed by atoms with Crippen LogP contribution in [0.15, 0.2) is 24.3 Å². The molecule has 0 saturated carbocycles. The van der Waals surface area contributed by atoms with Crippen LogP contribution in [-0.2, 0) is 0 Å². The molecule has 2 N–H and O–H groups in total. The maximum atomic E-state index is 3.54. The Bertz CT molecular complexity index is 308. The molecule has 1 aliphatic rings. The third kappa shape index (κ3) is 3.34. The topological polar surface area (TPSA) is 24.1 Å². The molecule has 0 radical (unpaired) electrons. The van der Waals surface area contributed by atoms with Gasteiger partial charge in [0.15, 0.2) is 0 Å². The number of benzene rings is 1. The van der Waals surface area contributed by atoms with Gasteiger partial charge >= 0.3 is 0 Å². The van der Waals surface area contributed by atoms with Crippen molar-refractivity contribution in [2.24, 2.45) is 5.92 Å². The lowest BCUT2D eigenvalue weighted by atomic mass is 10.00. The number of rotatable bonds is 3. The summed E-state index contributed by atoms with van der Waals surface area (Å²) in [5.74, 6) is 0.787. The van der Waals surface area contributed by atoms with E-state index in [0.29, 0.717) is 0 Å². The molecule has 1 heterocycles. The normalized spacial score (nSPS) is 21.3. The number of nitrogens with one attached hydrogen (secondary N) is 2. The van der Waals surface area contributed by atoms with E-state index in [4.69, 9.17) is 0 Å². The fourth-order valence-corrected chi connectivity index (χ4v) is 2.54. The van der Waals surface area contributed by atoms with Crippen LogP contribution >= 0.6 is 22.6 Å². The minimum Gasteiger partial charge on any atom is -0.384 e. The first-order chi connectivity index (χ1) is 7.36. The Morgan fingerprint density at radius 2 is 2.27 bits per heavy atom. The lowest BCUT2D eigenvalue weighted by molar-refractivity contribution is 0.393. The van der Waals surface area contributed by atoms with Gasteiger partial charge in [0, 0.05) is 15.8 Å². The maximum absolute atomic E-state index is 3.54. The predicted octanol–water partition coefficient (Wildman–Crippen LogP) is 2.70. The predicted molar refractivity (Wildman–Crippen MR) is 73.2 cm³/mol. The molecule has 0 spiro atoms. The number of piperidine rings is 1. The van der Waals surface area contributed by atoms with Crippen molar-refractivity contribution in [2.75, 3.05) is 25.0 Å². The highest BCUT2D eigenvalue weighted by Gasteiger charge is 2.12. The number of hydrogen-bond donors (Lipinski definition) is 2. The van der Waals surface area contributed by atoms with E-state index in [1.54, 1.807) is 0 Å². The summed E-state index contributed by atoms with van der Waals surface area (Å²) in [6.07, 6.45) is 2.67. The van der Waals surface area contributed by atoms with Gasteiger partial charge in [-0.15, -0.1) is 0 Å². The fourth-order valence-electron chi connectivity index (χ4n) is 1.96. The Morgan fingerprint density at radius 3 is 3.00 bits per heavy atom. The van der Waals surface area contributed by atoms with Crippen LogP contribution in [0.5, 0.6) is 0 Å². The molecule has 0 aliphatic carbocycles. The Balaban J connectivity index is 1.84. The van der Waals surface area contributed by atoms with Crippen molar-refractivity contribution in [3.63, 3.8) is 0 Å². The van der Waals surface area contributed by atoms with E-state index in [0.717, 1.165) is 19.0 Å². The summed E-state index contributed by atoms with van der Waals surface area (Å²) in [4.78, 5) is 0. The molecule has 0 amide bonds. The fraction of sp³-hybridized carbons (Fsp3) is 0.500. The van der Waals surface area contributed by atoms with Crippen molar-refractivity contribution in [1.82, 2.24) is 5.32 Å². The van der Waals surface area contributed by atoms with Crippen LogP contribution in [0, 0.1) is 9.49 Å². The largest absolute Gasteiger partial charge is 0.384 e. The zero-order chi connectivity index (χ0) is 10.5. The zero-order valence-electron chi connectivity index (χ0n) is 8.80. The van der Waals surface area contributed by atoms with Gasteiger partial charge in [-0.3, -0.25) is 0 Å². The second-order valence-corrected chi connectivity index (χ2v) is 5.24. The van der Waals surface area contributed by atoms with Crippen molar-refractivity contribution >= 4 is 28.3 Å². The standard InChI is InChI=1S/C12H17IN2/c13-11-5-1-2-6-12(11)15-9-10-4-3-7-14-8-10/h1-2,5-6,10,14-15H,3-4,7-9H2. The second-order valence-electron chi connectivity index (χ2n) is 4.07. The van der Waals surface area contributed by atoms with Gasteiger partial charge in [0.05, 0.1) is 0 Å². The van der Waals surface area contributed by atoms with Gasteiger partial charge in [-0.1, -0.05) is 12.1 Å². The molecule has 1 aromatic carbocycles. The van der Waals surface area contributed by atoms with E-state index in [1.807, 2.05) is 0 Å². The van der Waals surface area contributed by atoms with Gasteiger partial charge < -0.3 is 10.6 Å². The molecule has 82 valence electrons. The van der Waals surface area contributed by atoms with E-state index >= 15 is 0 Å². The number of anilines is 1. The Labute approximate surface area is 105 Å². The highest BCUT2D eigenvalue weighted by molar-refractivity contribution is 14.1. The van der Waals surface area contributed by atoms with E-state index in [9.17, 15) is 0 Å². The van der Waals surface area contributed by atoms with E-state index in [2.05, 4.69) is 57.5 Å². The van der Waals surface area contributed by atoms with Crippen LogP contribution in [0.2, 0.25) is 0 Å². The quantitative estimate of drug-likeness (QED) is 0.838. The molecule has 0 aromatic heterocycles. The zero-order valence-corrected chi connectivity index (χ0v) is 11.0. The third-order valence-electron chi connectivity index (χ3n) is 2.85. The van der Waals surface area contributed by atoms with Gasteiger partial charge in [-0.25, -0.2) is 0 Å². The smallest absolute Gasteiger partial charge is 0.0475 e. The van der Waals surface area contributed by atoms with Crippen LogP contribution in [0.1, 0.15) is 12.8 Å². The number of halogens is 1. The van der Waals surface area contributed by atoms with Gasteiger partial charge in [0.1, 0.15) is 0 Å². The average molecular weight is 316 g/mol. The van der Waals surface area contributed by atoms with Gasteiger partial charge in [0.2, 0.25) is 0 Å².